The number of nitrogens with one attached hydrogen (secondary N) is 1. The normalized spacial score (nSPS) is 13.2. The van der Waals surface area contributed by atoms with Gasteiger partial charge in [-0.15, -0.1) is 0 Å². The smallest absolute Gasteiger partial charge is 0.340 e. The number of benzene rings is 2. The Bertz CT molecular complexity index is 792. The molecule has 0 radical (unpaired) electrons. The van der Waals surface area contributed by atoms with Crippen molar-refractivity contribution in [2.75, 3.05) is 12.1 Å². The second kappa shape index (κ2) is 6.92. The van der Waals surface area contributed by atoms with E-state index in [1.165, 1.54) is 6.92 Å². The molecular weight excluding hydrogens is 378 g/mol. The molecule has 24 heavy (non-hydrogen) atoms. The van der Waals surface area contributed by atoms with Crippen LogP contribution in [0.15, 0.2) is 46.9 Å². The summed E-state index contributed by atoms with van der Waals surface area (Å²) in [4.78, 5) is 24.3. The molecule has 0 saturated heterocycles. The minimum Gasteiger partial charge on any atom is -0.454 e. The van der Waals surface area contributed by atoms with Crippen molar-refractivity contribution in [3.8, 4) is 11.5 Å². The molecule has 3 rings (SSSR count). The molecular formula is C17H14BrNO5. The van der Waals surface area contributed by atoms with Crippen LogP contribution in [0.5, 0.6) is 11.5 Å². The van der Waals surface area contributed by atoms with Crippen LogP contribution in [0.25, 0.3) is 0 Å². The van der Waals surface area contributed by atoms with E-state index in [1.54, 1.807) is 42.5 Å². The molecule has 2 aromatic carbocycles. The van der Waals surface area contributed by atoms with Crippen molar-refractivity contribution >= 4 is 33.5 Å². The van der Waals surface area contributed by atoms with E-state index in [4.69, 9.17) is 14.2 Å². The topological polar surface area (TPSA) is 73.9 Å². The third kappa shape index (κ3) is 3.51. The lowest BCUT2D eigenvalue weighted by atomic mass is 10.2. The molecule has 0 aromatic heterocycles. The van der Waals surface area contributed by atoms with Crippen LogP contribution >= 0.6 is 15.9 Å². The van der Waals surface area contributed by atoms with Gasteiger partial charge in [-0.2, -0.15) is 0 Å². The molecule has 124 valence electrons. The molecule has 6 nitrogen and oxygen atoms in total. The number of anilines is 1. The predicted molar refractivity (Wildman–Crippen MR) is 90.2 cm³/mol. The number of rotatable bonds is 4. The Morgan fingerprint density at radius 2 is 1.92 bits per heavy atom. The van der Waals surface area contributed by atoms with Crippen molar-refractivity contribution < 1.29 is 23.8 Å². The third-order valence-electron chi connectivity index (χ3n) is 3.39. The molecule has 1 amide bonds. The minimum atomic E-state index is -0.949. The molecule has 0 fully saturated rings. The first-order valence-corrected chi connectivity index (χ1v) is 8.00. The number of halogens is 1. The number of fused-ring (bicyclic) bond motifs is 1. The van der Waals surface area contributed by atoms with Gasteiger partial charge in [-0.3, -0.25) is 4.79 Å². The number of esters is 1. The van der Waals surface area contributed by atoms with Gasteiger partial charge in [-0.25, -0.2) is 4.79 Å². The van der Waals surface area contributed by atoms with Crippen LogP contribution in [0.2, 0.25) is 0 Å². The first-order chi connectivity index (χ1) is 11.5. The standard InChI is InChI=1S/C17H14BrNO5/c1-10(24-17(21)12-4-2-3-5-13(12)18)16(20)19-11-6-7-14-15(8-11)23-9-22-14/h2-8,10H,9H2,1H3,(H,19,20)/t10-/m0/s1. The first kappa shape index (κ1) is 16.3. The van der Waals surface area contributed by atoms with E-state index in [-0.39, 0.29) is 6.79 Å². The maximum Gasteiger partial charge on any atom is 0.340 e. The highest BCUT2D eigenvalue weighted by atomic mass is 79.9. The number of hydrogen-bond donors (Lipinski definition) is 1. The zero-order chi connectivity index (χ0) is 17.1. The second-order valence-corrected chi connectivity index (χ2v) is 5.94. The molecule has 7 heteroatoms. The Morgan fingerprint density at radius 1 is 1.17 bits per heavy atom. The lowest BCUT2D eigenvalue weighted by molar-refractivity contribution is -0.123. The Labute approximate surface area is 146 Å². The van der Waals surface area contributed by atoms with Crippen LogP contribution in [0.4, 0.5) is 5.69 Å². The van der Waals surface area contributed by atoms with E-state index in [2.05, 4.69) is 21.2 Å². The minimum absolute atomic E-state index is 0.159. The van der Waals surface area contributed by atoms with E-state index in [0.29, 0.717) is 27.2 Å². The van der Waals surface area contributed by atoms with E-state index >= 15 is 0 Å². The fraction of sp³-hybridized carbons (Fsp3) is 0.176. The van der Waals surface area contributed by atoms with Gasteiger partial charge in [0.15, 0.2) is 17.6 Å². The summed E-state index contributed by atoms with van der Waals surface area (Å²) in [5.41, 5.74) is 0.897. The van der Waals surface area contributed by atoms with Crippen molar-refractivity contribution in [1.82, 2.24) is 0 Å². The molecule has 0 unspecified atom stereocenters. The van der Waals surface area contributed by atoms with Crippen LogP contribution in [-0.4, -0.2) is 24.8 Å². The maximum atomic E-state index is 12.2. The van der Waals surface area contributed by atoms with Gasteiger partial charge in [-0.05, 0) is 47.1 Å². The third-order valence-corrected chi connectivity index (χ3v) is 4.08. The Hall–Kier alpha value is -2.54. The molecule has 1 N–H and O–H groups in total. The molecule has 0 spiro atoms. The maximum absolute atomic E-state index is 12.2. The van der Waals surface area contributed by atoms with Gasteiger partial charge in [0.2, 0.25) is 6.79 Å². The van der Waals surface area contributed by atoms with Crippen LogP contribution in [0.3, 0.4) is 0 Å². The fourth-order valence-electron chi connectivity index (χ4n) is 2.12. The predicted octanol–water partition coefficient (Wildman–Crippen LogP) is 3.36. The molecule has 1 atom stereocenters. The van der Waals surface area contributed by atoms with Gasteiger partial charge in [-0.1, -0.05) is 12.1 Å². The molecule has 2 aromatic rings. The van der Waals surface area contributed by atoms with Gasteiger partial charge in [0, 0.05) is 16.2 Å². The molecule has 0 saturated carbocycles. The van der Waals surface area contributed by atoms with Gasteiger partial charge < -0.3 is 19.5 Å². The van der Waals surface area contributed by atoms with E-state index in [9.17, 15) is 9.59 Å². The highest BCUT2D eigenvalue weighted by Gasteiger charge is 2.21. The lowest BCUT2D eigenvalue weighted by Crippen LogP contribution is -2.30. The molecule has 1 aliphatic heterocycles. The molecule has 0 bridgehead atoms. The van der Waals surface area contributed by atoms with Gasteiger partial charge in [0.25, 0.3) is 5.91 Å². The average molecular weight is 392 g/mol. The van der Waals surface area contributed by atoms with Crippen LogP contribution in [0.1, 0.15) is 17.3 Å². The quantitative estimate of drug-likeness (QED) is 0.808. The largest absolute Gasteiger partial charge is 0.454 e. The van der Waals surface area contributed by atoms with Crippen LogP contribution in [0, 0.1) is 0 Å². The van der Waals surface area contributed by atoms with Crippen LogP contribution in [-0.2, 0) is 9.53 Å². The second-order valence-electron chi connectivity index (χ2n) is 5.08. The van der Waals surface area contributed by atoms with Crippen molar-refractivity contribution in [3.63, 3.8) is 0 Å². The summed E-state index contributed by atoms with van der Waals surface area (Å²) in [7, 11) is 0. The number of ether oxygens (including phenoxy) is 3. The summed E-state index contributed by atoms with van der Waals surface area (Å²) < 4.78 is 16.3. The van der Waals surface area contributed by atoms with Gasteiger partial charge >= 0.3 is 5.97 Å². The number of amides is 1. The Balaban J connectivity index is 1.63. The monoisotopic (exact) mass is 391 g/mol. The SMILES string of the molecule is C[C@H](OC(=O)c1ccccc1Br)C(=O)Nc1ccc2c(c1)OCO2. The lowest BCUT2D eigenvalue weighted by Gasteiger charge is -2.14. The summed E-state index contributed by atoms with van der Waals surface area (Å²) >= 11 is 3.28. The van der Waals surface area contributed by atoms with Gasteiger partial charge in [0.05, 0.1) is 5.56 Å². The average Bonchev–Trinajstić information content (AvgIpc) is 3.02. The highest BCUT2D eigenvalue weighted by molar-refractivity contribution is 9.10. The van der Waals surface area contributed by atoms with E-state index < -0.39 is 18.0 Å². The first-order valence-electron chi connectivity index (χ1n) is 7.20. The fourth-order valence-corrected chi connectivity index (χ4v) is 2.57. The van der Waals surface area contributed by atoms with Crippen LogP contribution < -0.4 is 14.8 Å². The van der Waals surface area contributed by atoms with Crippen molar-refractivity contribution in [3.05, 3.63) is 52.5 Å². The summed E-state index contributed by atoms with van der Waals surface area (Å²) in [5, 5.41) is 2.68. The molecule has 0 aliphatic carbocycles. The van der Waals surface area contributed by atoms with E-state index in [1.807, 2.05) is 0 Å². The van der Waals surface area contributed by atoms with Crippen molar-refractivity contribution in [2.45, 2.75) is 13.0 Å². The summed E-state index contributed by atoms with van der Waals surface area (Å²) in [6.07, 6.45) is -0.949. The summed E-state index contributed by atoms with van der Waals surface area (Å²) in [6.45, 7) is 1.67. The van der Waals surface area contributed by atoms with Gasteiger partial charge in [0.1, 0.15) is 0 Å². The van der Waals surface area contributed by atoms with E-state index in [0.717, 1.165) is 0 Å². The zero-order valence-electron chi connectivity index (χ0n) is 12.7. The van der Waals surface area contributed by atoms with Crippen molar-refractivity contribution in [1.29, 1.82) is 0 Å². The summed E-state index contributed by atoms with van der Waals surface area (Å²) in [5.74, 6) is 0.178. The number of hydrogen-bond acceptors (Lipinski definition) is 5. The molecule has 1 aliphatic rings. The Kier molecular flexibility index (Phi) is 4.71. The Morgan fingerprint density at radius 3 is 2.71 bits per heavy atom. The zero-order valence-corrected chi connectivity index (χ0v) is 14.3. The number of carbonyl (C=O) groups excluding carboxylic acids is 2. The summed E-state index contributed by atoms with van der Waals surface area (Å²) in [6, 6.07) is 11.9. The number of carbonyl (C=O) groups is 2. The molecule has 1 heterocycles. The van der Waals surface area contributed by atoms with Crippen molar-refractivity contribution in [2.24, 2.45) is 0 Å². The highest BCUT2D eigenvalue weighted by Crippen LogP contribution is 2.34.